The number of carbonyl (C=O) groups is 2. The Bertz CT molecular complexity index is 855. The molecule has 0 aromatic heterocycles. The van der Waals surface area contributed by atoms with E-state index in [4.69, 9.17) is 11.6 Å². The number of nitro benzene ring substituents is 1. The van der Waals surface area contributed by atoms with Crippen LogP contribution in [0.3, 0.4) is 0 Å². The number of nitro groups is 1. The maximum atomic E-state index is 12.2. The Morgan fingerprint density at radius 1 is 1.07 bits per heavy atom. The topological polar surface area (TPSA) is 105 Å². The zero-order valence-electron chi connectivity index (χ0n) is 14.9. The highest BCUT2D eigenvalue weighted by molar-refractivity contribution is 6.30. The second-order valence-corrected chi connectivity index (χ2v) is 6.44. The summed E-state index contributed by atoms with van der Waals surface area (Å²) in [7, 11) is 1.60. The first-order valence-corrected chi connectivity index (χ1v) is 8.42. The van der Waals surface area contributed by atoms with Gasteiger partial charge in [0, 0.05) is 16.8 Å². The fourth-order valence-corrected chi connectivity index (χ4v) is 2.55. The normalized spacial score (nSPS) is 10.5. The molecule has 0 spiro atoms. The predicted octanol–water partition coefficient (Wildman–Crippen LogP) is 3.07. The summed E-state index contributed by atoms with van der Waals surface area (Å²) in [6, 6.07) is 11.2. The van der Waals surface area contributed by atoms with Gasteiger partial charge in [-0.25, -0.2) is 0 Å². The van der Waals surface area contributed by atoms with Crippen LogP contribution in [0.15, 0.2) is 42.5 Å². The molecule has 8 nitrogen and oxygen atoms in total. The van der Waals surface area contributed by atoms with Crippen molar-refractivity contribution in [2.45, 2.75) is 6.92 Å². The minimum Gasteiger partial charge on any atom is -0.325 e. The Morgan fingerprint density at radius 2 is 1.67 bits per heavy atom. The Morgan fingerprint density at radius 3 is 2.26 bits per heavy atom. The van der Waals surface area contributed by atoms with Crippen molar-refractivity contribution in [3.05, 3.63) is 63.2 Å². The Hall–Kier alpha value is -2.97. The molecule has 0 bridgehead atoms. The number of nitrogens with one attached hydrogen (secondary N) is 2. The van der Waals surface area contributed by atoms with E-state index in [0.29, 0.717) is 16.3 Å². The summed E-state index contributed by atoms with van der Waals surface area (Å²) < 4.78 is 0. The molecule has 0 aliphatic heterocycles. The number of likely N-dealkylation sites (N-methyl/N-ethyl adjacent to an activating group) is 1. The number of hydrogen-bond acceptors (Lipinski definition) is 5. The van der Waals surface area contributed by atoms with Gasteiger partial charge >= 0.3 is 0 Å². The van der Waals surface area contributed by atoms with Gasteiger partial charge in [0.05, 0.1) is 18.0 Å². The number of benzene rings is 2. The van der Waals surface area contributed by atoms with E-state index in [-0.39, 0.29) is 30.4 Å². The van der Waals surface area contributed by atoms with E-state index in [0.717, 1.165) is 0 Å². The van der Waals surface area contributed by atoms with E-state index in [1.54, 1.807) is 50.4 Å². The number of hydrogen-bond donors (Lipinski definition) is 2. The quantitative estimate of drug-likeness (QED) is 0.558. The Labute approximate surface area is 161 Å². The molecule has 2 amide bonds. The second kappa shape index (κ2) is 9.11. The van der Waals surface area contributed by atoms with E-state index in [9.17, 15) is 19.7 Å². The number of anilines is 2. The lowest BCUT2D eigenvalue weighted by Gasteiger charge is -2.16. The zero-order valence-corrected chi connectivity index (χ0v) is 15.6. The lowest BCUT2D eigenvalue weighted by molar-refractivity contribution is -0.384. The molecule has 142 valence electrons. The molecule has 0 heterocycles. The van der Waals surface area contributed by atoms with Crippen molar-refractivity contribution in [2.75, 3.05) is 30.8 Å². The van der Waals surface area contributed by atoms with Crippen LogP contribution in [0.4, 0.5) is 17.1 Å². The molecule has 0 unspecified atom stereocenters. The van der Waals surface area contributed by atoms with E-state index in [1.807, 2.05) is 0 Å². The summed E-state index contributed by atoms with van der Waals surface area (Å²) in [6.45, 7) is 1.55. The van der Waals surface area contributed by atoms with Crippen LogP contribution in [0.5, 0.6) is 0 Å². The minimum atomic E-state index is -0.550. The molecular formula is C18H19ClN4O4. The van der Waals surface area contributed by atoms with Crippen LogP contribution in [-0.4, -0.2) is 41.8 Å². The minimum absolute atomic E-state index is 0.0219. The summed E-state index contributed by atoms with van der Waals surface area (Å²) in [6.07, 6.45) is 0. The van der Waals surface area contributed by atoms with Crippen LogP contribution in [0.2, 0.25) is 5.02 Å². The fraction of sp³-hybridized carbons (Fsp3) is 0.222. The van der Waals surface area contributed by atoms with Crippen molar-refractivity contribution in [3.63, 3.8) is 0 Å². The maximum Gasteiger partial charge on any atom is 0.293 e. The molecule has 0 aliphatic carbocycles. The second-order valence-electron chi connectivity index (χ2n) is 6.00. The summed E-state index contributed by atoms with van der Waals surface area (Å²) in [5.41, 5.74) is 1.16. The van der Waals surface area contributed by atoms with E-state index in [2.05, 4.69) is 10.6 Å². The van der Waals surface area contributed by atoms with Crippen molar-refractivity contribution in [1.29, 1.82) is 0 Å². The molecule has 0 saturated heterocycles. The Kier molecular flexibility index (Phi) is 6.86. The molecule has 2 aromatic carbocycles. The van der Waals surface area contributed by atoms with Crippen molar-refractivity contribution in [3.8, 4) is 0 Å². The van der Waals surface area contributed by atoms with Gasteiger partial charge < -0.3 is 10.6 Å². The summed E-state index contributed by atoms with van der Waals surface area (Å²) in [5.74, 6) is -0.747. The first kappa shape index (κ1) is 20.3. The van der Waals surface area contributed by atoms with Gasteiger partial charge in [-0.2, -0.15) is 0 Å². The number of aryl methyl sites for hydroxylation is 1. The van der Waals surface area contributed by atoms with Gasteiger partial charge in [0.25, 0.3) is 5.69 Å². The molecule has 0 fully saturated rings. The molecular weight excluding hydrogens is 372 g/mol. The standard InChI is InChI=1S/C18H19ClN4O4/c1-12-4-3-5-15(23(26)27)18(12)21-17(25)11-22(2)10-16(24)20-14-8-6-13(19)7-9-14/h3-9H,10-11H2,1-2H3,(H,20,24)(H,21,25). The summed E-state index contributed by atoms with van der Waals surface area (Å²) in [4.78, 5) is 36.3. The van der Waals surface area contributed by atoms with E-state index < -0.39 is 10.8 Å². The van der Waals surface area contributed by atoms with Gasteiger partial charge in [0.2, 0.25) is 11.8 Å². The van der Waals surface area contributed by atoms with Crippen molar-refractivity contribution >= 4 is 40.5 Å². The SMILES string of the molecule is Cc1cccc([N+](=O)[O-])c1NC(=O)CN(C)CC(=O)Nc1ccc(Cl)cc1. The van der Waals surface area contributed by atoms with Gasteiger partial charge in [-0.3, -0.25) is 24.6 Å². The first-order valence-electron chi connectivity index (χ1n) is 8.04. The van der Waals surface area contributed by atoms with Crippen molar-refractivity contribution < 1.29 is 14.5 Å². The summed E-state index contributed by atoms with van der Waals surface area (Å²) in [5, 5.41) is 16.9. The average molecular weight is 391 g/mol. The van der Waals surface area contributed by atoms with Crippen LogP contribution in [0.25, 0.3) is 0 Å². The first-order chi connectivity index (χ1) is 12.8. The van der Waals surface area contributed by atoms with Crippen LogP contribution in [-0.2, 0) is 9.59 Å². The third-order valence-electron chi connectivity index (χ3n) is 3.67. The van der Waals surface area contributed by atoms with E-state index in [1.165, 1.54) is 11.0 Å². The van der Waals surface area contributed by atoms with Crippen LogP contribution in [0, 0.1) is 17.0 Å². The van der Waals surface area contributed by atoms with Gasteiger partial charge in [-0.05, 0) is 43.8 Å². The molecule has 0 atom stereocenters. The van der Waals surface area contributed by atoms with Crippen molar-refractivity contribution in [2.24, 2.45) is 0 Å². The Balaban J connectivity index is 1.91. The van der Waals surface area contributed by atoms with Crippen LogP contribution >= 0.6 is 11.6 Å². The lowest BCUT2D eigenvalue weighted by atomic mass is 10.1. The van der Waals surface area contributed by atoms with E-state index >= 15 is 0 Å². The molecule has 9 heteroatoms. The smallest absolute Gasteiger partial charge is 0.293 e. The monoisotopic (exact) mass is 390 g/mol. The number of nitrogens with zero attached hydrogens (tertiary/aromatic N) is 2. The van der Waals surface area contributed by atoms with Crippen LogP contribution < -0.4 is 10.6 Å². The van der Waals surface area contributed by atoms with Gasteiger partial charge in [-0.15, -0.1) is 0 Å². The lowest BCUT2D eigenvalue weighted by Crippen LogP contribution is -2.36. The van der Waals surface area contributed by atoms with Crippen molar-refractivity contribution in [1.82, 2.24) is 4.90 Å². The molecule has 27 heavy (non-hydrogen) atoms. The number of para-hydroxylation sites is 1. The molecule has 0 radical (unpaired) electrons. The van der Waals surface area contributed by atoms with Gasteiger partial charge in [0.1, 0.15) is 5.69 Å². The third-order valence-corrected chi connectivity index (χ3v) is 3.92. The highest BCUT2D eigenvalue weighted by atomic mass is 35.5. The number of halogens is 1. The molecule has 0 aliphatic rings. The third kappa shape index (κ3) is 6.05. The highest BCUT2D eigenvalue weighted by Crippen LogP contribution is 2.27. The number of carbonyl (C=O) groups excluding carboxylic acids is 2. The maximum absolute atomic E-state index is 12.2. The largest absolute Gasteiger partial charge is 0.325 e. The number of amides is 2. The zero-order chi connectivity index (χ0) is 20.0. The van der Waals surface area contributed by atoms with Crippen LogP contribution in [0.1, 0.15) is 5.56 Å². The molecule has 2 N–H and O–H groups in total. The predicted molar refractivity (Wildman–Crippen MR) is 104 cm³/mol. The van der Waals surface area contributed by atoms with Gasteiger partial charge in [-0.1, -0.05) is 23.7 Å². The van der Waals surface area contributed by atoms with Gasteiger partial charge in [0.15, 0.2) is 0 Å². The number of rotatable bonds is 7. The summed E-state index contributed by atoms with van der Waals surface area (Å²) >= 11 is 5.79. The molecule has 2 aromatic rings. The highest BCUT2D eigenvalue weighted by Gasteiger charge is 2.19. The molecule has 0 saturated carbocycles. The average Bonchev–Trinajstić information content (AvgIpc) is 2.58. The molecule has 2 rings (SSSR count). The fourth-order valence-electron chi connectivity index (χ4n) is 2.43.